The molecule has 154 valence electrons. The molecule has 1 heterocycles. The molecular weight excluding hydrogens is 415 g/mol. The summed E-state index contributed by atoms with van der Waals surface area (Å²) in [6, 6.07) is 15.7. The highest BCUT2D eigenvalue weighted by atomic mass is 35.5. The topological polar surface area (TPSA) is 54.0 Å². The third-order valence-corrected chi connectivity index (χ3v) is 4.30. The minimum atomic E-state index is -4.49. The molecule has 4 nitrogen and oxygen atoms in total. The summed E-state index contributed by atoms with van der Waals surface area (Å²) >= 11 is 5.85. The number of hydrogen-bond donors (Lipinski definition) is 2. The molecule has 0 atom stereocenters. The molecule has 0 saturated heterocycles. The molecular formula is C22H17ClF3N3O. The lowest BCUT2D eigenvalue weighted by molar-refractivity contribution is -0.137. The van der Waals surface area contributed by atoms with Crippen molar-refractivity contribution >= 4 is 35.0 Å². The van der Waals surface area contributed by atoms with Crippen molar-refractivity contribution in [1.29, 1.82) is 0 Å². The number of benzene rings is 2. The highest BCUT2D eigenvalue weighted by Crippen LogP contribution is 2.32. The fourth-order valence-electron chi connectivity index (χ4n) is 2.73. The Labute approximate surface area is 176 Å². The first kappa shape index (κ1) is 21.4. The lowest BCUT2D eigenvalue weighted by Crippen LogP contribution is -2.09. The number of alkyl halides is 3. The third kappa shape index (κ3) is 6.09. The summed E-state index contributed by atoms with van der Waals surface area (Å²) in [7, 11) is 0. The summed E-state index contributed by atoms with van der Waals surface area (Å²) in [5.74, 6) is -0.530. The van der Waals surface area contributed by atoms with E-state index in [1.165, 1.54) is 18.2 Å². The fraction of sp³-hybridized carbons (Fsp3) is 0.0909. The van der Waals surface area contributed by atoms with Gasteiger partial charge in [-0.3, -0.25) is 4.79 Å². The van der Waals surface area contributed by atoms with Gasteiger partial charge in [0.15, 0.2) is 0 Å². The largest absolute Gasteiger partial charge is 0.416 e. The Morgan fingerprint density at radius 2 is 1.83 bits per heavy atom. The zero-order valence-corrected chi connectivity index (χ0v) is 16.3. The molecule has 2 aromatic carbocycles. The van der Waals surface area contributed by atoms with E-state index in [-0.39, 0.29) is 5.56 Å². The molecule has 2 N–H and O–H groups in total. The van der Waals surface area contributed by atoms with Crippen LogP contribution in [0.1, 0.15) is 16.7 Å². The summed E-state index contributed by atoms with van der Waals surface area (Å²) in [6.45, 7) is 0.485. The molecule has 0 saturated carbocycles. The first-order valence-electron chi connectivity index (χ1n) is 8.91. The Hall–Kier alpha value is -3.32. The van der Waals surface area contributed by atoms with E-state index < -0.39 is 17.6 Å². The monoisotopic (exact) mass is 431 g/mol. The van der Waals surface area contributed by atoms with Crippen molar-refractivity contribution in [3.05, 3.63) is 94.8 Å². The predicted octanol–water partition coefficient (Wildman–Crippen LogP) is 6.02. The minimum Gasteiger partial charge on any atom is -0.381 e. The standard InChI is InChI=1S/C22H17ClF3N3O/c23-20-13-17(10-11-27-20)28-14-15-4-3-6-18(12-15)29-21(30)9-8-16-5-1-2-7-19(16)22(24,25)26/h1-13H,14H2,(H,27,28)(H,29,30)/b9-8+. The number of amides is 1. The van der Waals surface area contributed by atoms with Crippen LogP contribution in [-0.2, 0) is 17.5 Å². The summed E-state index contributed by atoms with van der Waals surface area (Å²) in [5, 5.41) is 6.22. The van der Waals surface area contributed by atoms with Crippen molar-refractivity contribution < 1.29 is 18.0 Å². The van der Waals surface area contributed by atoms with Gasteiger partial charge in [-0.25, -0.2) is 4.98 Å². The van der Waals surface area contributed by atoms with Crippen LogP contribution in [0.5, 0.6) is 0 Å². The van der Waals surface area contributed by atoms with Gasteiger partial charge in [0.05, 0.1) is 5.56 Å². The Morgan fingerprint density at radius 1 is 1.03 bits per heavy atom. The van der Waals surface area contributed by atoms with Crippen molar-refractivity contribution in [2.75, 3.05) is 10.6 Å². The second kappa shape index (κ2) is 9.45. The molecule has 3 aromatic rings. The zero-order chi connectivity index (χ0) is 21.6. The number of pyridine rings is 1. The minimum absolute atomic E-state index is 0.0749. The maximum absolute atomic E-state index is 13.0. The van der Waals surface area contributed by atoms with Gasteiger partial charge < -0.3 is 10.6 Å². The number of aromatic nitrogens is 1. The van der Waals surface area contributed by atoms with E-state index >= 15 is 0 Å². The van der Waals surface area contributed by atoms with Gasteiger partial charge >= 0.3 is 6.18 Å². The van der Waals surface area contributed by atoms with E-state index in [1.54, 1.807) is 36.5 Å². The maximum atomic E-state index is 13.0. The molecule has 3 rings (SSSR count). The summed E-state index contributed by atoms with van der Waals surface area (Å²) < 4.78 is 39.1. The van der Waals surface area contributed by atoms with Gasteiger partial charge in [-0.1, -0.05) is 41.9 Å². The molecule has 0 aliphatic rings. The van der Waals surface area contributed by atoms with Crippen LogP contribution in [0.2, 0.25) is 5.15 Å². The molecule has 0 radical (unpaired) electrons. The van der Waals surface area contributed by atoms with E-state index in [0.29, 0.717) is 17.4 Å². The molecule has 1 amide bonds. The molecule has 0 fully saturated rings. The van der Waals surface area contributed by atoms with Crippen molar-refractivity contribution in [3.63, 3.8) is 0 Å². The maximum Gasteiger partial charge on any atom is 0.416 e. The number of anilines is 2. The third-order valence-electron chi connectivity index (χ3n) is 4.10. The average molecular weight is 432 g/mol. The summed E-state index contributed by atoms with van der Waals surface area (Å²) in [5.41, 5.74) is 1.36. The van der Waals surface area contributed by atoms with E-state index in [2.05, 4.69) is 15.6 Å². The van der Waals surface area contributed by atoms with Crippen LogP contribution in [0.4, 0.5) is 24.5 Å². The highest BCUT2D eigenvalue weighted by Gasteiger charge is 2.32. The van der Waals surface area contributed by atoms with Crippen LogP contribution >= 0.6 is 11.6 Å². The Kier molecular flexibility index (Phi) is 6.74. The second-order valence-electron chi connectivity index (χ2n) is 6.33. The lowest BCUT2D eigenvalue weighted by Gasteiger charge is -2.10. The van der Waals surface area contributed by atoms with Gasteiger partial charge in [0.25, 0.3) is 0 Å². The predicted molar refractivity (Wildman–Crippen MR) is 112 cm³/mol. The molecule has 8 heteroatoms. The fourth-order valence-corrected chi connectivity index (χ4v) is 2.90. The molecule has 0 bridgehead atoms. The van der Waals surface area contributed by atoms with E-state index in [9.17, 15) is 18.0 Å². The number of halogens is 4. The van der Waals surface area contributed by atoms with E-state index in [4.69, 9.17) is 11.6 Å². The zero-order valence-electron chi connectivity index (χ0n) is 15.6. The smallest absolute Gasteiger partial charge is 0.381 e. The number of carbonyl (C=O) groups is 1. The SMILES string of the molecule is O=C(/C=C/c1ccccc1C(F)(F)F)Nc1cccc(CNc2ccnc(Cl)c2)c1. The van der Waals surface area contributed by atoms with Gasteiger partial charge in [-0.2, -0.15) is 13.2 Å². The van der Waals surface area contributed by atoms with Gasteiger partial charge in [-0.15, -0.1) is 0 Å². The number of nitrogens with one attached hydrogen (secondary N) is 2. The average Bonchev–Trinajstić information content (AvgIpc) is 2.71. The van der Waals surface area contributed by atoms with Gasteiger partial charge in [0, 0.05) is 30.2 Å². The van der Waals surface area contributed by atoms with Crippen molar-refractivity contribution in [3.8, 4) is 0 Å². The number of hydrogen-bond acceptors (Lipinski definition) is 3. The van der Waals surface area contributed by atoms with Crippen LogP contribution in [0.25, 0.3) is 6.08 Å². The molecule has 1 aromatic heterocycles. The molecule has 0 aliphatic carbocycles. The Bertz CT molecular complexity index is 1070. The first-order valence-corrected chi connectivity index (χ1v) is 9.29. The van der Waals surface area contributed by atoms with Crippen molar-refractivity contribution in [2.45, 2.75) is 12.7 Å². The molecule has 30 heavy (non-hydrogen) atoms. The normalized spacial score (nSPS) is 11.5. The van der Waals surface area contributed by atoms with Gasteiger partial charge in [0.2, 0.25) is 5.91 Å². The quantitative estimate of drug-likeness (QED) is 0.371. The Morgan fingerprint density at radius 3 is 2.60 bits per heavy atom. The molecule has 0 aliphatic heterocycles. The summed E-state index contributed by atoms with van der Waals surface area (Å²) in [4.78, 5) is 16.1. The van der Waals surface area contributed by atoms with Gasteiger partial charge in [-0.05, 0) is 47.5 Å². The van der Waals surface area contributed by atoms with Crippen molar-refractivity contribution in [1.82, 2.24) is 4.98 Å². The van der Waals surface area contributed by atoms with Crippen LogP contribution in [0.15, 0.2) is 72.9 Å². The van der Waals surface area contributed by atoms with E-state index in [1.807, 2.05) is 6.07 Å². The second-order valence-corrected chi connectivity index (χ2v) is 6.72. The Balaban J connectivity index is 1.63. The van der Waals surface area contributed by atoms with Crippen LogP contribution in [0.3, 0.4) is 0 Å². The molecule has 0 unspecified atom stereocenters. The number of carbonyl (C=O) groups excluding carboxylic acids is 1. The van der Waals surface area contributed by atoms with E-state index in [0.717, 1.165) is 29.5 Å². The summed E-state index contributed by atoms with van der Waals surface area (Å²) in [6.07, 6.45) is -0.673. The lowest BCUT2D eigenvalue weighted by atomic mass is 10.1. The van der Waals surface area contributed by atoms with Crippen molar-refractivity contribution in [2.24, 2.45) is 0 Å². The van der Waals surface area contributed by atoms with Crippen LogP contribution in [0, 0.1) is 0 Å². The first-order chi connectivity index (χ1) is 14.3. The number of rotatable bonds is 6. The molecule has 0 spiro atoms. The van der Waals surface area contributed by atoms with Gasteiger partial charge in [0.1, 0.15) is 5.15 Å². The van der Waals surface area contributed by atoms with Crippen LogP contribution in [-0.4, -0.2) is 10.9 Å². The number of nitrogens with zero attached hydrogens (tertiary/aromatic N) is 1. The van der Waals surface area contributed by atoms with Crippen LogP contribution < -0.4 is 10.6 Å². The highest BCUT2D eigenvalue weighted by molar-refractivity contribution is 6.29.